The quantitative estimate of drug-likeness (QED) is 0.323. The number of benzene rings is 3. The Balaban J connectivity index is 1.43. The Labute approximate surface area is 192 Å². The van der Waals surface area contributed by atoms with Gasteiger partial charge in [0.15, 0.2) is 6.61 Å². The van der Waals surface area contributed by atoms with Gasteiger partial charge in [0.1, 0.15) is 5.75 Å². The molecule has 0 aliphatic carbocycles. The van der Waals surface area contributed by atoms with E-state index >= 15 is 0 Å². The normalized spacial score (nSPS) is 14.2. The first-order valence-corrected chi connectivity index (χ1v) is 11.1. The molecule has 1 saturated heterocycles. The fourth-order valence-corrected chi connectivity index (χ4v) is 4.03. The minimum Gasteiger partial charge on any atom is -0.483 e. The van der Waals surface area contributed by atoms with Crippen LogP contribution in [0.4, 0.5) is 11.4 Å². The molecule has 0 unspecified atom stereocenters. The van der Waals surface area contributed by atoms with E-state index in [2.05, 4.69) is 15.4 Å². The maximum absolute atomic E-state index is 12.3. The molecule has 0 atom stereocenters. The van der Waals surface area contributed by atoms with Gasteiger partial charge in [-0.05, 0) is 30.4 Å². The van der Waals surface area contributed by atoms with Gasteiger partial charge in [-0.3, -0.25) is 14.9 Å². The number of anilines is 1. The summed E-state index contributed by atoms with van der Waals surface area (Å²) in [6.07, 6.45) is 5.98. The monoisotopic (exact) mass is 446 g/mol. The summed E-state index contributed by atoms with van der Waals surface area (Å²) in [4.78, 5) is 25.3. The van der Waals surface area contributed by atoms with Crippen molar-refractivity contribution in [2.75, 3.05) is 24.6 Å². The summed E-state index contributed by atoms with van der Waals surface area (Å²) in [5.41, 5.74) is 3.92. The highest BCUT2D eigenvalue weighted by atomic mass is 16.6. The number of nitro benzene ring substituents is 1. The van der Waals surface area contributed by atoms with E-state index in [4.69, 9.17) is 4.74 Å². The van der Waals surface area contributed by atoms with Crippen LogP contribution in [0.5, 0.6) is 5.75 Å². The molecule has 1 aliphatic rings. The van der Waals surface area contributed by atoms with E-state index in [0.29, 0.717) is 11.3 Å². The molecule has 1 fully saturated rings. The van der Waals surface area contributed by atoms with Crippen molar-refractivity contribution in [1.82, 2.24) is 5.43 Å². The number of carbonyl (C=O) groups excluding carboxylic acids is 1. The number of hydrazone groups is 1. The molecule has 8 heteroatoms. The Morgan fingerprint density at radius 3 is 2.61 bits per heavy atom. The first-order valence-electron chi connectivity index (χ1n) is 11.1. The van der Waals surface area contributed by atoms with Crippen molar-refractivity contribution in [2.45, 2.75) is 25.7 Å². The van der Waals surface area contributed by atoms with E-state index in [-0.39, 0.29) is 12.3 Å². The number of hydrogen-bond donors (Lipinski definition) is 1. The molecule has 3 aromatic rings. The molecule has 0 spiro atoms. The average molecular weight is 447 g/mol. The predicted octanol–water partition coefficient (Wildman–Crippen LogP) is 4.66. The Hall–Kier alpha value is -3.94. The number of hydrogen-bond acceptors (Lipinski definition) is 6. The molecule has 1 heterocycles. The van der Waals surface area contributed by atoms with E-state index in [1.807, 2.05) is 42.5 Å². The van der Waals surface area contributed by atoms with Crippen LogP contribution in [0.3, 0.4) is 0 Å². The van der Waals surface area contributed by atoms with Gasteiger partial charge in [0.05, 0.1) is 11.1 Å². The summed E-state index contributed by atoms with van der Waals surface area (Å²) in [5, 5.41) is 17.2. The van der Waals surface area contributed by atoms with Gasteiger partial charge >= 0.3 is 0 Å². The van der Waals surface area contributed by atoms with E-state index in [0.717, 1.165) is 42.4 Å². The topological polar surface area (TPSA) is 97.1 Å². The SMILES string of the molecule is O=C(COc1cccc2ccccc12)N/N=C\c1cc([N+](=O)[O-])ccc1N1CCCCCC1. The first kappa shape index (κ1) is 22.3. The molecule has 3 aromatic carbocycles. The van der Waals surface area contributed by atoms with Crippen molar-refractivity contribution in [3.8, 4) is 5.75 Å². The second-order valence-corrected chi connectivity index (χ2v) is 7.96. The van der Waals surface area contributed by atoms with Crippen molar-refractivity contribution in [3.63, 3.8) is 0 Å². The maximum Gasteiger partial charge on any atom is 0.277 e. The van der Waals surface area contributed by atoms with Crippen LogP contribution in [0.1, 0.15) is 31.2 Å². The van der Waals surface area contributed by atoms with E-state index in [1.165, 1.54) is 31.2 Å². The van der Waals surface area contributed by atoms with Gasteiger partial charge in [0.2, 0.25) is 0 Å². The lowest BCUT2D eigenvalue weighted by atomic mass is 10.1. The van der Waals surface area contributed by atoms with Crippen LogP contribution in [0.2, 0.25) is 0 Å². The smallest absolute Gasteiger partial charge is 0.277 e. The maximum atomic E-state index is 12.3. The van der Waals surface area contributed by atoms with Gasteiger partial charge < -0.3 is 9.64 Å². The number of carbonyl (C=O) groups is 1. The Morgan fingerprint density at radius 2 is 1.82 bits per heavy atom. The number of rotatable bonds is 7. The van der Waals surface area contributed by atoms with E-state index in [9.17, 15) is 14.9 Å². The summed E-state index contributed by atoms with van der Waals surface area (Å²) in [5.74, 6) is 0.204. The van der Waals surface area contributed by atoms with E-state index < -0.39 is 10.8 Å². The van der Waals surface area contributed by atoms with Crippen molar-refractivity contribution in [3.05, 3.63) is 76.3 Å². The fourth-order valence-electron chi connectivity index (χ4n) is 4.03. The van der Waals surface area contributed by atoms with Gasteiger partial charge in [-0.1, -0.05) is 49.2 Å². The number of ether oxygens (including phenoxy) is 1. The van der Waals surface area contributed by atoms with Crippen LogP contribution in [-0.2, 0) is 4.79 Å². The Morgan fingerprint density at radius 1 is 1.06 bits per heavy atom. The highest BCUT2D eigenvalue weighted by Crippen LogP contribution is 2.27. The first-order chi connectivity index (χ1) is 16.1. The van der Waals surface area contributed by atoms with Crippen LogP contribution in [0.25, 0.3) is 10.8 Å². The van der Waals surface area contributed by atoms with Gasteiger partial charge in [0, 0.05) is 41.9 Å². The number of nitrogens with zero attached hydrogens (tertiary/aromatic N) is 3. The van der Waals surface area contributed by atoms with Crippen LogP contribution in [0.15, 0.2) is 65.8 Å². The Kier molecular flexibility index (Phi) is 7.14. The van der Waals surface area contributed by atoms with Crippen LogP contribution in [-0.4, -0.2) is 36.7 Å². The van der Waals surface area contributed by atoms with Crippen molar-refractivity contribution in [2.24, 2.45) is 5.10 Å². The summed E-state index contributed by atoms with van der Waals surface area (Å²) >= 11 is 0. The molecule has 8 nitrogen and oxygen atoms in total. The van der Waals surface area contributed by atoms with E-state index in [1.54, 1.807) is 6.07 Å². The second-order valence-electron chi connectivity index (χ2n) is 7.96. The second kappa shape index (κ2) is 10.6. The van der Waals surface area contributed by atoms with Crippen molar-refractivity contribution < 1.29 is 14.5 Å². The number of non-ortho nitro benzene ring substituents is 1. The molecule has 4 rings (SSSR count). The van der Waals surface area contributed by atoms with Gasteiger partial charge in [-0.2, -0.15) is 5.10 Å². The molecule has 0 radical (unpaired) electrons. The van der Waals surface area contributed by atoms with Crippen molar-refractivity contribution in [1.29, 1.82) is 0 Å². The minimum absolute atomic E-state index is 0.0133. The van der Waals surface area contributed by atoms with Crippen LogP contribution >= 0.6 is 0 Å². The fraction of sp³-hybridized carbons (Fsp3) is 0.280. The molecule has 1 N–H and O–H groups in total. The van der Waals surface area contributed by atoms with Gasteiger partial charge in [-0.25, -0.2) is 5.43 Å². The third-order valence-corrected chi connectivity index (χ3v) is 5.67. The summed E-state index contributed by atoms with van der Waals surface area (Å²) in [6.45, 7) is 1.59. The third-order valence-electron chi connectivity index (χ3n) is 5.67. The van der Waals surface area contributed by atoms with Gasteiger partial charge in [0.25, 0.3) is 11.6 Å². The highest BCUT2D eigenvalue weighted by Gasteiger charge is 2.16. The molecule has 33 heavy (non-hydrogen) atoms. The minimum atomic E-state index is -0.430. The van der Waals surface area contributed by atoms with Crippen LogP contribution < -0.4 is 15.1 Å². The molecule has 0 saturated carbocycles. The average Bonchev–Trinajstić information content (AvgIpc) is 3.12. The zero-order valence-electron chi connectivity index (χ0n) is 18.3. The standard InChI is InChI=1S/C25H26N4O4/c30-25(18-33-24-11-7-9-19-8-3-4-10-22(19)24)27-26-17-20-16-21(29(31)32)12-13-23(20)28-14-5-1-2-6-15-28/h3-4,7-13,16-17H,1-2,5-6,14-15,18H2,(H,27,30)/b26-17-. The lowest BCUT2D eigenvalue weighted by molar-refractivity contribution is -0.384. The molecule has 1 aliphatic heterocycles. The predicted molar refractivity (Wildman–Crippen MR) is 129 cm³/mol. The summed E-state index contributed by atoms with van der Waals surface area (Å²) < 4.78 is 5.68. The Bertz CT molecular complexity index is 1160. The number of amides is 1. The molecule has 1 amide bonds. The van der Waals surface area contributed by atoms with Crippen molar-refractivity contribution >= 4 is 34.3 Å². The molecule has 0 bridgehead atoms. The zero-order chi connectivity index (χ0) is 23.0. The summed E-state index contributed by atoms with van der Waals surface area (Å²) in [7, 11) is 0. The number of fused-ring (bicyclic) bond motifs is 1. The summed E-state index contributed by atoms with van der Waals surface area (Å²) in [6, 6.07) is 18.2. The zero-order valence-corrected chi connectivity index (χ0v) is 18.3. The highest BCUT2D eigenvalue weighted by molar-refractivity contribution is 5.91. The largest absolute Gasteiger partial charge is 0.483 e. The lowest BCUT2D eigenvalue weighted by Crippen LogP contribution is -2.26. The molecule has 170 valence electrons. The molecular weight excluding hydrogens is 420 g/mol. The molecule has 0 aromatic heterocycles. The number of nitrogens with one attached hydrogen (secondary N) is 1. The van der Waals surface area contributed by atoms with Crippen LogP contribution in [0, 0.1) is 10.1 Å². The van der Waals surface area contributed by atoms with Gasteiger partial charge in [-0.15, -0.1) is 0 Å². The third kappa shape index (κ3) is 5.65. The molecular formula is C25H26N4O4. The number of nitro groups is 1. The lowest BCUT2D eigenvalue weighted by Gasteiger charge is -2.24.